The van der Waals surface area contributed by atoms with Crippen LogP contribution in [-0.2, 0) is 4.74 Å². The van der Waals surface area contributed by atoms with Crippen molar-refractivity contribution in [3.8, 4) is 11.3 Å². The van der Waals surface area contributed by atoms with Crippen molar-refractivity contribution in [2.24, 2.45) is 0 Å². The molecule has 0 bridgehead atoms. The summed E-state index contributed by atoms with van der Waals surface area (Å²) in [5.41, 5.74) is 1.24. The van der Waals surface area contributed by atoms with Gasteiger partial charge in [-0.25, -0.2) is 4.79 Å². The standard InChI is InChI=1S/C9H8N2O3S/c1-2-13-9(12)8-6(3-4-14-8)7-5-15-11-10-7/h3-5H,2H2,1H3. The van der Waals surface area contributed by atoms with Crippen LogP contribution in [0.1, 0.15) is 17.5 Å². The second kappa shape index (κ2) is 4.22. The van der Waals surface area contributed by atoms with Gasteiger partial charge in [-0.15, -0.1) is 5.10 Å². The first-order valence-corrected chi connectivity index (χ1v) is 5.18. The number of ether oxygens (including phenoxy) is 1. The third-order valence-corrected chi connectivity index (χ3v) is 2.27. The predicted octanol–water partition coefficient (Wildman–Crippen LogP) is 1.97. The first-order chi connectivity index (χ1) is 7.33. The van der Waals surface area contributed by atoms with E-state index in [1.807, 2.05) is 0 Å². The van der Waals surface area contributed by atoms with Crippen LogP contribution in [0.5, 0.6) is 0 Å². The van der Waals surface area contributed by atoms with Crippen molar-refractivity contribution >= 4 is 17.5 Å². The molecule has 0 radical (unpaired) electrons. The summed E-state index contributed by atoms with van der Waals surface area (Å²) in [7, 11) is 0. The van der Waals surface area contributed by atoms with Crippen molar-refractivity contribution in [1.82, 2.24) is 9.59 Å². The minimum Gasteiger partial charge on any atom is -0.460 e. The van der Waals surface area contributed by atoms with Crippen LogP contribution in [0, 0.1) is 0 Å². The first kappa shape index (κ1) is 9.85. The zero-order valence-corrected chi connectivity index (χ0v) is 8.78. The van der Waals surface area contributed by atoms with E-state index in [1.165, 1.54) is 17.8 Å². The number of aromatic nitrogens is 2. The van der Waals surface area contributed by atoms with Crippen molar-refractivity contribution < 1.29 is 13.9 Å². The maximum absolute atomic E-state index is 11.5. The lowest BCUT2D eigenvalue weighted by Gasteiger charge is -1.99. The highest BCUT2D eigenvalue weighted by molar-refractivity contribution is 7.03. The average molecular weight is 224 g/mol. The number of hydrogen-bond acceptors (Lipinski definition) is 6. The third kappa shape index (κ3) is 1.89. The number of esters is 1. The Morgan fingerprint density at radius 3 is 3.20 bits per heavy atom. The van der Waals surface area contributed by atoms with Gasteiger partial charge in [-0.3, -0.25) is 0 Å². The lowest BCUT2D eigenvalue weighted by molar-refractivity contribution is 0.0491. The average Bonchev–Trinajstić information content (AvgIpc) is 2.88. The summed E-state index contributed by atoms with van der Waals surface area (Å²) in [6.07, 6.45) is 1.43. The van der Waals surface area contributed by atoms with E-state index in [-0.39, 0.29) is 5.76 Å². The van der Waals surface area contributed by atoms with Gasteiger partial charge in [0.15, 0.2) is 0 Å². The van der Waals surface area contributed by atoms with E-state index in [0.29, 0.717) is 17.9 Å². The molecule has 0 unspecified atom stereocenters. The largest absolute Gasteiger partial charge is 0.460 e. The molecule has 2 aromatic rings. The van der Waals surface area contributed by atoms with Crippen molar-refractivity contribution in [2.45, 2.75) is 6.92 Å². The Bertz CT molecular complexity index is 450. The van der Waals surface area contributed by atoms with E-state index in [4.69, 9.17) is 9.15 Å². The Labute approximate surface area is 89.8 Å². The fourth-order valence-corrected chi connectivity index (χ4v) is 1.60. The van der Waals surface area contributed by atoms with E-state index in [0.717, 1.165) is 0 Å². The Balaban J connectivity index is 2.34. The van der Waals surface area contributed by atoms with Crippen LogP contribution in [0.3, 0.4) is 0 Å². The maximum Gasteiger partial charge on any atom is 0.374 e. The van der Waals surface area contributed by atoms with Crippen LogP contribution in [-0.4, -0.2) is 22.2 Å². The number of hydrogen-bond donors (Lipinski definition) is 0. The van der Waals surface area contributed by atoms with Gasteiger partial charge in [0.25, 0.3) is 0 Å². The fourth-order valence-electron chi connectivity index (χ4n) is 1.15. The molecule has 2 rings (SSSR count). The predicted molar refractivity (Wildman–Crippen MR) is 53.6 cm³/mol. The van der Waals surface area contributed by atoms with E-state index >= 15 is 0 Å². The molecule has 0 atom stereocenters. The molecule has 0 spiro atoms. The zero-order valence-electron chi connectivity index (χ0n) is 7.97. The summed E-state index contributed by atoms with van der Waals surface area (Å²) in [5, 5.41) is 5.61. The monoisotopic (exact) mass is 224 g/mol. The van der Waals surface area contributed by atoms with Gasteiger partial charge in [-0.1, -0.05) is 4.49 Å². The summed E-state index contributed by atoms with van der Waals surface area (Å²) < 4.78 is 13.6. The molecule has 0 aliphatic carbocycles. The second-order valence-corrected chi connectivity index (χ2v) is 3.28. The Hall–Kier alpha value is -1.69. The Morgan fingerprint density at radius 2 is 2.53 bits per heavy atom. The van der Waals surface area contributed by atoms with E-state index in [9.17, 15) is 4.79 Å². The number of carbonyl (C=O) groups is 1. The highest BCUT2D eigenvalue weighted by Crippen LogP contribution is 2.24. The molecule has 5 nitrogen and oxygen atoms in total. The zero-order chi connectivity index (χ0) is 10.7. The van der Waals surface area contributed by atoms with Crippen LogP contribution >= 0.6 is 11.5 Å². The van der Waals surface area contributed by atoms with Crippen molar-refractivity contribution in [3.05, 3.63) is 23.5 Å². The molecule has 2 heterocycles. The van der Waals surface area contributed by atoms with Crippen molar-refractivity contribution in [2.75, 3.05) is 6.61 Å². The van der Waals surface area contributed by atoms with Gasteiger partial charge >= 0.3 is 5.97 Å². The summed E-state index contributed by atoms with van der Waals surface area (Å²) in [5.74, 6) is -0.310. The number of nitrogens with zero attached hydrogens (tertiary/aromatic N) is 2. The van der Waals surface area contributed by atoms with Gasteiger partial charge in [0.05, 0.1) is 18.4 Å². The van der Waals surface area contributed by atoms with Gasteiger partial charge < -0.3 is 9.15 Å². The molecular weight excluding hydrogens is 216 g/mol. The molecule has 78 valence electrons. The molecule has 0 fully saturated rings. The topological polar surface area (TPSA) is 65.2 Å². The van der Waals surface area contributed by atoms with E-state index < -0.39 is 5.97 Å². The molecule has 0 aromatic carbocycles. The van der Waals surface area contributed by atoms with Crippen molar-refractivity contribution in [1.29, 1.82) is 0 Å². The van der Waals surface area contributed by atoms with Crippen molar-refractivity contribution in [3.63, 3.8) is 0 Å². The van der Waals surface area contributed by atoms with E-state index in [2.05, 4.69) is 9.59 Å². The van der Waals surface area contributed by atoms with Crippen LogP contribution < -0.4 is 0 Å². The van der Waals surface area contributed by atoms with Gasteiger partial charge in [0.1, 0.15) is 5.69 Å². The van der Waals surface area contributed by atoms with Crippen LogP contribution in [0.4, 0.5) is 0 Å². The van der Waals surface area contributed by atoms with Crippen LogP contribution in [0.25, 0.3) is 11.3 Å². The molecule has 2 aromatic heterocycles. The van der Waals surface area contributed by atoms with Crippen LogP contribution in [0.2, 0.25) is 0 Å². The first-order valence-electron chi connectivity index (χ1n) is 4.35. The normalized spacial score (nSPS) is 10.2. The quantitative estimate of drug-likeness (QED) is 0.746. The smallest absolute Gasteiger partial charge is 0.374 e. The minimum absolute atomic E-state index is 0.171. The third-order valence-electron chi connectivity index (χ3n) is 1.76. The number of rotatable bonds is 3. The fraction of sp³-hybridized carbons (Fsp3) is 0.222. The van der Waals surface area contributed by atoms with Gasteiger partial charge in [0.2, 0.25) is 5.76 Å². The Kier molecular flexibility index (Phi) is 2.77. The molecule has 15 heavy (non-hydrogen) atoms. The number of carbonyl (C=O) groups excluding carboxylic acids is 1. The highest BCUT2D eigenvalue weighted by Gasteiger charge is 2.19. The van der Waals surface area contributed by atoms with Gasteiger partial charge in [-0.2, -0.15) is 0 Å². The molecule has 0 saturated carbocycles. The number of furan rings is 1. The molecule has 0 saturated heterocycles. The molecule has 0 aliphatic heterocycles. The second-order valence-electron chi connectivity index (χ2n) is 2.67. The minimum atomic E-state index is -0.481. The lowest BCUT2D eigenvalue weighted by Crippen LogP contribution is -2.04. The van der Waals surface area contributed by atoms with Crippen LogP contribution in [0.15, 0.2) is 22.1 Å². The molecule has 0 amide bonds. The molecule has 6 heteroatoms. The summed E-state index contributed by atoms with van der Waals surface area (Å²) in [4.78, 5) is 11.5. The SMILES string of the molecule is CCOC(=O)c1occc1-c1csnn1. The summed E-state index contributed by atoms with van der Waals surface area (Å²) >= 11 is 1.22. The summed E-state index contributed by atoms with van der Waals surface area (Å²) in [6, 6.07) is 1.67. The summed E-state index contributed by atoms with van der Waals surface area (Å²) in [6.45, 7) is 2.05. The molecule has 0 aliphatic rings. The Morgan fingerprint density at radius 1 is 1.67 bits per heavy atom. The molecular formula is C9H8N2O3S. The molecule has 0 N–H and O–H groups in total. The van der Waals surface area contributed by atoms with Gasteiger partial charge in [0, 0.05) is 5.38 Å². The lowest BCUT2D eigenvalue weighted by atomic mass is 10.2. The maximum atomic E-state index is 11.5. The van der Waals surface area contributed by atoms with E-state index in [1.54, 1.807) is 18.4 Å². The highest BCUT2D eigenvalue weighted by atomic mass is 32.1. The van der Waals surface area contributed by atoms with Gasteiger partial charge in [-0.05, 0) is 24.5 Å².